The molecular weight excluding hydrogens is 508 g/mol. The molecule has 1 atom stereocenters. The van der Waals surface area contributed by atoms with E-state index in [-0.39, 0.29) is 11.8 Å². The van der Waals surface area contributed by atoms with E-state index in [1.54, 1.807) is 6.21 Å². The molecule has 0 aliphatic carbocycles. The molecule has 1 aliphatic heterocycles. The molecule has 7 nitrogen and oxygen atoms in total. The number of amides is 1. The lowest BCUT2D eigenvalue weighted by atomic mass is 10.1. The number of nitrogens with zero attached hydrogens (tertiary/aromatic N) is 5. The number of nitrogens with one attached hydrogen (secondary N) is 1. The van der Waals surface area contributed by atoms with E-state index in [2.05, 4.69) is 69.1 Å². The molecule has 0 bridgehead atoms. The third-order valence-corrected chi connectivity index (χ3v) is 8.04. The Morgan fingerprint density at radius 3 is 2.59 bits per heavy atom. The quantitative estimate of drug-likeness (QED) is 0.182. The fourth-order valence-corrected chi connectivity index (χ4v) is 5.92. The van der Waals surface area contributed by atoms with Crippen molar-refractivity contribution in [1.29, 1.82) is 0 Å². The Labute approximate surface area is 237 Å². The number of imidazole rings is 1. The number of H-pyrrole nitrogens is 1. The summed E-state index contributed by atoms with van der Waals surface area (Å²) in [7, 11) is 0. The van der Waals surface area contributed by atoms with Crippen LogP contribution in [0.15, 0.2) is 101 Å². The summed E-state index contributed by atoms with van der Waals surface area (Å²) < 4.78 is 2.34. The normalized spacial score (nSPS) is 16.2. The van der Waals surface area contributed by atoms with Crippen molar-refractivity contribution in [3.8, 4) is 0 Å². The van der Waals surface area contributed by atoms with Crippen molar-refractivity contribution >= 4 is 56.4 Å². The van der Waals surface area contributed by atoms with Gasteiger partial charge in [-0.05, 0) is 67.4 Å². The van der Waals surface area contributed by atoms with Gasteiger partial charge in [0.1, 0.15) is 5.82 Å². The van der Waals surface area contributed by atoms with Gasteiger partial charge in [0.25, 0.3) is 0 Å². The van der Waals surface area contributed by atoms with Crippen LogP contribution in [0.1, 0.15) is 43.1 Å². The van der Waals surface area contributed by atoms with E-state index in [1.807, 2.05) is 60.4 Å². The topological polar surface area (TPSA) is 78.6 Å². The zero-order chi connectivity index (χ0) is 27.9. The maximum absolute atomic E-state index is 12.9. The molecule has 7 heteroatoms. The van der Waals surface area contributed by atoms with Crippen LogP contribution in [0.4, 0.5) is 5.69 Å². The van der Waals surface area contributed by atoms with Crippen LogP contribution in [-0.4, -0.2) is 38.9 Å². The number of hydrogen-bond donors (Lipinski definition) is 1. The molecule has 0 radical (unpaired) electrons. The van der Waals surface area contributed by atoms with Crippen LogP contribution in [0.3, 0.4) is 0 Å². The SMILES string of the molecule is CCn1c2ccccc2c2cc(C=NN=C(C)c3ccc(N4CC(c5nc6ccccc6[nH]5)CC4=O)cc3)ccc21. The summed E-state index contributed by atoms with van der Waals surface area (Å²) in [5.41, 5.74) is 8.07. The first-order valence-electron chi connectivity index (χ1n) is 14.0. The smallest absolute Gasteiger partial charge is 0.227 e. The van der Waals surface area contributed by atoms with Gasteiger partial charge in [-0.1, -0.05) is 48.5 Å². The largest absolute Gasteiger partial charge is 0.342 e. The van der Waals surface area contributed by atoms with Crippen molar-refractivity contribution in [3.63, 3.8) is 0 Å². The van der Waals surface area contributed by atoms with E-state index in [0.29, 0.717) is 13.0 Å². The second-order valence-corrected chi connectivity index (χ2v) is 10.6. The molecule has 0 spiro atoms. The van der Waals surface area contributed by atoms with Crippen LogP contribution in [0.2, 0.25) is 0 Å². The summed E-state index contributed by atoms with van der Waals surface area (Å²) in [6.07, 6.45) is 2.25. The lowest BCUT2D eigenvalue weighted by molar-refractivity contribution is -0.117. The van der Waals surface area contributed by atoms with Gasteiger partial charge < -0.3 is 14.5 Å². The van der Waals surface area contributed by atoms with Crippen LogP contribution in [0.25, 0.3) is 32.8 Å². The average Bonchev–Trinajstić information content (AvgIpc) is 3.70. The maximum Gasteiger partial charge on any atom is 0.227 e. The Bertz CT molecular complexity index is 1950. The molecule has 1 amide bonds. The molecule has 6 aromatic rings. The first-order valence-corrected chi connectivity index (χ1v) is 14.0. The number of benzene rings is 4. The number of anilines is 1. The molecule has 7 rings (SSSR count). The van der Waals surface area contributed by atoms with Crippen molar-refractivity contribution in [3.05, 3.63) is 108 Å². The second-order valence-electron chi connectivity index (χ2n) is 10.6. The highest BCUT2D eigenvalue weighted by atomic mass is 16.2. The summed E-state index contributed by atoms with van der Waals surface area (Å²) in [4.78, 5) is 22.8. The van der Waals surface area contributed by atoms with Gasteiger partial charge in [-0.2, -0.15) is 10.2 Å². The number of aryl methyl sites for hydroxylation is 1. The third-order valence-electron chi connectivity index (χ3n) is 8.04. The first-order chi connectivity index (χ1) is 20.1. The van der Waals surface area contributed by atoms with Crippen molar-refractivity contribution in [1.82, 2.24) is 14.5 Å². The Balaban J connectivity index is 1.06. The van der Waals surface area contributed by atoms with E-state index in [9.17, 15) is 4.79 Å². The Kier molecular flexibility index (Phi) is 6.19. The second kappa shape index (κ2) is 10.2. The van der Waals surface area contributed by atoms with Crippen LogP contribution in [0, 0.1) is 0 Å². The van der Waals surface area contributed by atoms with Gasteiger partial charge in [0.2, 0.25) is 5.91 Å². The summed E-state index contributed by atoms with van der Waals surface area (Å²) in [6.45, 7) is 5.65. The Morgan fingerprint density at radius 2 is 1.76 bits per heavy atom. The third kappa shape index (κ3) is 4.49. The highest BCUT2D eigenvalue weighted by Gasteiger charge is 2.33. The van der Waals surface area contributed by atoms with Gasteiger partial charge in [-0.25, -0.2) is 4.98 Å². The number of carbonyl (C=O) groups excluding carboxylic acids is 1. The summed E-state index contributed by atoms with van der Waals surface area (Å²) >= 11 is 0. The molecule has 3 heterocycles. The fourth-order valence-electron chi connectivity index (χ4n) is 5.92. The summed E-state index contributed by atoms with van der Waals surface area (Å²) in [5.74, 6) is 1.02. The van der Waals surface area contributed by atoms with E-state index in [4.69, 9.17) is 4.98 Å². The standard InChI is InChI=1S/C34H30N6O/c1-3-39-31-11-7-4-8-27(31)28-18-23(12-17-32(28)39)20-35-38-22(2)24-13-15-26(16-14-24)40-21-25(19-33(40)41)34-36-29-9-5-6-10-30(29)37-34/h4-18,20,25H,3,19,21H2,1-2H3,(H,36,37). The molecule has 4 aromatic carbocycles. The lowest BCUT2D eigenvalue weighted by Gasteiger charge is -2.16. The number of para-hydroxylation sites is 3. The van der Waals surface area contributed by atoms with Crippen LogP contribution < -0.4 is 4.90 Å². The van der Waals surface area contributed by atoms with Gasteiger partial charge >= 0.3 is 0 Å². The Morgan fingerprint density at radius 1 is 0.976 bits per heavy atom. The molecule has 41 heavy (non-hydrogen) atoms. The van der Waals surface area contributed by atoms with Crippen LogP contribution >= 0.6 is 0 Å². The molecular formula is C34H30N6O. The van der Waals surface area contributed by atoms with E-state index < -0.39 is 0 Å². The predicted molar refractivity (Wildman–Crippen MR) is 167 cm³/mol. The molecule has 1 unspecified atom stereocenters. The Hall–Kier alpha value is -5.04. The molecule has 1 saturated heterocycles. The molecule has 1 fully saturated rings. The molecule has 1 aliphatic rings. The van der Waals surface area contributed by atoms with Gasteiger partial charge in [0, 0.05) is 52.9 Å². The number of carbonyl (C=O) groups is 1. The van der Waals surface area contributed by atoms with Crippen molar-refractivity contribution in [2.75, 3.05) is 11.4 Å². The zero-order valence-corrected chi connectivity index (χ0v) is 23.1. The highest BCUT2D eigenvalue weighted by Crippen LogP contribution is 2.32. The number of rotatable bonds is 6. The molecule has 202 valence electrons. The van der Waals surface area contributed by atoms with Crippen molar-refractivity contribution in [2.45, 2.75) is 32.7 Å². The number of aromatic nitrogens is 3. The summed E-state index contributed by atoms with van der Waals surface area (Å²) in [6, 6.07) is 30.9. The zero-order valence-electron chi connectivity index (χ0n) is 23.1. The van der Waals surface area contributed by atoms with Crippen LogP contribution in [0.5, 0.6) is 0 Å². The molecule has 2 aromatic heterocycles. The molecule has 1 N–H and O–H groups in total. The van der Waals surface area contributed by atoms with Crippen LogP contribution in [-0.2, 0) is 11.3 Å². The monoisotopic (exact) mass is 538 g/mol. The van der Waals surface area contributed by atoms with Gasteiger partial charge in [0.15, 0.2) is 0 Å². The minimum absolute atomic E-state index is 0.0463. The van der Waals surface area contributed by atoms with E-state index in [1.165, 1.54) is 21.8 Å². The lowest BCUT2D eigenvalue weighted by Crippen LogP contribution is -2.24. The minimum atomic E-state index is 0.0463. The number of aromatic amines is 1. The predicted octanol–water partition coefficient (Wildman–Crippen LogP) is 7.05. The average molecular weight is 539 g/mol. The van der Waals surface area contributed by atoms with Crippen molar-refractivity contribution in [2.24, 2.45) is 10.2 Å². The minimum Gasteiger partial charge on any atom is -0.342 e. The number of fused-ring (bicyclic) bond motifs is 4. The van der Waals surface area contributed by atoms with Gasteiger partial charge in [0.05, 0.1) is 23.0 Å². The first kappa shape index (κ1) is 25.0. The number of hydrogen-bond acceptors (Lipinski definition) is 4. The van der Waals surface area contributed by atoms with Crippen molar-refractivity contribution < 1.29 is 4.79 Å². The summed E-state index contributed by atoms with van der Waals surface area (Å²) in [5, 5.41) is 11.3. The van der Waals surface area contributed by atoms with Gasteiger partial charge in [-0.3, -0.25) is 4.79 Å². The van der Waals surface area contributed by atoms with Gasteiger partial charge in [-0.15, -0.1) is 0 Å². The van der Waals surface area contributed by atoms with E-state index in [0.717, 1.165) is 45.9 Å². The maximum atomic E-state index is 12.9. The highest BCUT2D eigenvalue weighted by molar-refractivity contribution is 6.09. The molecule has 0 saturated carbocycles. The van der Waals surface area contributed by atoms with E-state index >= 15 is 0 Å². The fraction of sp³-hybridized carbons (Fsp3) is 0.176.